The molecule has 2 aromatic rings. The van der Waals surface area contributed by atoms with Crippen molar-refractivity contribution >= 4 is 29.2 Å². The summed E-state index contributed by atoms with van der Waals surface area (Å²) in [5.41, 5.74) is 3.39. The molecule has 0 aromatic heterocycles. The molecule has 0 spiro atoms. The molecule has 0 unspecified atom stereocenters. The second-order valence-electron chi connectivity index (χ2n) is 6.46. The Hall–Kier alpha value is -1.26. The molecule has 0 amide bonds. The lowest BCUT2D eigenvalue weighted by atomic mass is 10.0. The van der Waals surface area contributed by atoms with Crippen molar-refractivity contribution < 1.29 is 9.47 Å². The molecule has 0 aliphatic carbocycles. The van der Waals surface area contributed by atoms with E-state index in [1.165, 1.54) is 10.8 Å². The van der Waals surface area contributed by atoms with Gasteiger partial charge >= 0.3 is 0 Å². The van der Waals surface area contributed by atoms with Crippen LogP contribution in [0.5, 0.6) is 11.5 Å². The lowest BCUT2D eigenvalue weighted by molar-refractivity contribution is 0.397. The molecule has 2 nitrogen and oxygen atoms in total. The Kier molecular flexibility index (Phi) is 5.02. The maximum atomic E-state index is 5.57. The quantitative estimate of drug-likeness (QED) is 0.697. The van der Waals surface area contributed by atoms with Crippen molar-refractivity contribution in [1.82, 2.24) is 0 Å². The fourth-order valence-corrected chi connectivity index (χ4v) is 6.28. The molecular formula is C18H23BrO2Si. The summed E-state index contributed by atoms with van der Waals surface area (Å²) in [7, 11) is 1.93. The van der Waals surface area contributed by atoms with Gasteiger partial charge in [0.25, 0.3) is 0 Å². The fourth-order valence-electron chi connectivity index (χ4n) is 2.61. The number of hydrogen-bond acceptors (Lipinski definition) is 2. The van der Waals surface area contributed by atoms with Gasteiger partial charge in [0.2, 0.25) is 0 Å². The highest BCUT2D eigenvalue weighted by Gasteiger charge is 2.24. The van der Waals surface area contributed by atoms with Gasteiger partial charge in [0.1, 0.15) is 11.5 Å². The van der Waals surface area contributed by atoms with E-state index >= 15 is 0 Å². The maximum absolute atomic E-state index is 5.57. The van der Waals surface area contributed by atoms with Crippen LogP contribution in [0.2, 0.25) is 19.6 Å². The molecule has 2 aromatic carbocycles. The molecule has 0 heterocycles. The number of aryl methyl sites for hydroxylation is 1. The van der Waals surface area contributed by atoms with Crippen molar-refractivity contribution in [3.63, 3.8) is 0 Å². The Morgan fingerprint density at radius 3 is 1.95 bits per heavy atom. The summed E-state index contributed by atoms with van der Waals surface area (Å²) >= 11 is 3.84. The van der Waals surface area contributed by atoms with Gasteiger partial charge in [-0.05, 0) is 24.2 Å². The second-order valence-corrected chi connectivity index (χ2v) is 12.3. The first-order valence-electron chi connectivity index (χ1n) is 7.31. The largest absolute Gasteiger partial charge is 0.496 e. The minimum Gasteiger partial charge on any atom is -0.496 e. The van der Waals surface area contributed by atoms with Gasteiger partial charge in [-0.3, -0.25) is 0 Å². The van der Waals surface area contributed by atoms with Crippen molar-refractivity contribution in [3.8, 4) is 22.6 Å². The normalized spacial score (nSPS) is 11.4. The number of hydrogen-bond donors (Lipinski definition) is 0. The summed E-state index contributed by atoms with van der Waals surface area (Å²) < 4.78 is 12.3. The number of benzene rings is 2. The summed E-state index contributed by atoms with van der Waals surface area (Å²) in [6.45, 7) is 9.21. The third-order valence-corrected chi connectivity index (χ3v) is 6.95. The van der Waals surface area contributed by atoms with Crippen LogP contribution >= 0.6 is 15.9 Å². The van der Waals surface area contributed by atoms with Crippen molar-refractivity contribution in [1.29, 1.82) is 0 Å². The lowest BCUT2D eigenvalue weighted by Gasteiger charge is -2.23. The summed E-state index contributed by atoms with van der Waals surface area (Å²) in [5, 5.41) is 1.41. The van der Waals surface area contributed by atoms with Crippen molar-refractivity contribution in [2.75, 3.05) is 14.2 Å². The highest BCUT2D eigenvalue weighted by molar-refractivity contribution is 9.10. The summed E-state index contributed by atoms with van der Waals surface area (Å²) in [4.78, 5) is 0. The van der Waals surface area contributed by atoms with Crippen molar-refractivity contribution in [3.05, 3.63) is 40.4 Å². The zero-order valence-corrected chi connectivity index (χ0v) is 16.7. The molecule has 0 fully saturated rings. The van der Waals surface area contributed by atoms with Crippen molar-refractivity contribution in [2.24, 2.45) is 0 Å². The number of ether oxygens (including phenoxy) is 2. The molecular weight excluding hydrogens is 356 g/mol. The fraction of sp³-hybridized carbons (Fsp3) is 0.333. The first kappa shape index (κ1) is 17.1. The molecule has 0 radical (unpaired) electrons. The molecule has 0 aliphatic heterocycles. The van der Waals surface area contributed by atoms with Crippen molar-refractivity contribution in [2.45, 2.75) is 26.6 Å². The van der Waals surface area contributed by atoms with Crippen LogP contribution in [0.25, 0.3) is 11.1 Å². The number of halogens is 1. The van der Waals surface area contributed by atoms with Gasteiger partial charge in [0.15, 0.2) is 0 Å². The maximum Gasteiger partial charge on any atom is 0.130 e. The predicted molar refractivity (Wildman–Crippen MR) is 100 cm³/mol. The average Bonchev–Trinajstić information content (AvgIpc) is 2.47. The van der Waals surface area contributed by atoms with Gasteiger partial charge in [-0.25, -0.2) is 0 Å². The van der Waals surface area contributed by atoms with E-state index < -0.39 is 8.07 Å². The standard InChI is InChI=1S/C18H23BrO2Si/c1-12-10-13(18(19)16(11-12)22(4,5)6)17-14(20-2)8-7-9-15(17)21-3/h7-11H,1-6H3. The van der Waals surface area contributed by atoms with Gasteiger partial charge in [-0.15, -0.1) is 0 Å². The first-order valence-corrected chi connectivity index (χ1v) is 11.6. The van der Waals surface area contributed by atoms with Gasteiger partial charge in [-0.2, -0.15) is 0 Å². The minimum atomic E-state index is -1.46. The molecule has 0 aliphatic rings. The first-order chi connectivity index (χ1) is 10.3. The Balaban J connectivity index is 2.82. The molecule has 118 valence electrons. The molecule has 22 heavy (non-hydrogen) atoms. The minimum absolute atomic E-state index is 0.826. The van der Waals surface area contributed by atoms with Gasteiger partial charge in [-0.1, -0.05) is 59.3 Å². The molecule has 4 heteroatoms. The SMILES string of the molecule is COc1cccc(OC)c1-c1cc(C)cc([Si](C)(C)C)c1Br. The van der Waals surface area contributed by atoms with Gasteiger partial charge in [0.05, 0.1) is 27.9 Å². The van der Waals surface area contributed by atoms with E-state index in [1.807, 2.05) is 18.2 Å². The van der Waals surface area contributed by atoms with Gasteiger partial charge in [0, 0.05) is 10.0 Å². The van der Waals surface area contributed by atoms with E-state index in [0.717, 1.165) is 27.1 Å². The predicted octanol–water partition coefficient (Wildman–Crippen LogP) is 4.99. The van der Waals surface area contributed by atoms with E-state index in [4.69, 9.17) is 9.47 Å². The Bertz CT molecular complexity index is 668. The Labute approximate surface area is 142 Å². The molecule has 0 saturated heterocycles. The zero-order valence-electron chi connectivity index (χ0n) is 14.1. The van der Waals surface area contributed by atoms with Crippen LogP contribution in [0.3, 0.4) is 0 Å². The van der Waals surface area contributed by atoms with Crippen LogP contribution in [0.15, 0.2) is 34.8 Å². The van der Waals surface area contributed by atoms with E-state index in [2.05, 4.69) is 54.6 Å². The Morgan fingerprint density at radius 2 is 1.50 bits per heavy atom. The van der Waals surface area contributed by atoms with E-state index in [1.54, 1.807) is 14.2 Å². The van der Waals surface area contributed by atoms with Crippen LogP contribution < -0.4 is 14.7 Å². The zero-order chi connectivity index (χ0) is 16.5. The number of rotatable bonds is 4. The smallest absolute Gasteiger partial charge is 0.130 e. The summed E-state index contributed by atoms with van der Waals surface area (Å²) in [6, 6.07) is 10.4. The monoisotopic (exact) mass is 378 g/mol. The summed E-state index contributed by atoms with van der Waals surface area (Å²) in [6.07, 6.45) is 0. The topological polar surface area (TPSA) is 18.5 Å². The molecule has 0 atom stereocenters. The average molecular weight is 379 g/mol. The van der Waals surface area contributed by atoms with Crippen LogP contribution in [-0.2, 0) is 0 Å². The number of methoxy groups -OCH3 is 2. The highest BCUT2D eigenvalue weighted by atomic mass is 79.9. The molecule has 0 N–H and O–H groups in total. The van der Waals surface area contributed by atoms with E-state index in [0.29, 0.717) is 0 Å². The van der Waals surface area contributed by atoms with E-state index in [9.17, 15) is 0 Å². The van der Waals surface area contributed by atoms with Crippen LogP contribution in [0.4, 0.5) is 0 Å². The Morgan fingerprint density at radius 1 is 0.955 bits per heavy atom. The van der Waals surface area contributed by atoms with Crippen LogP contribution in [0, 0.1) is 6.92 Å². The summed E-state index contributed by atoms with van der Waals surface area (Å²) in [5.74, 6) is 1.65. The second kappa shape index (κ2) is 6.47. The van der Waals surface area contributed by atoms with E-state index in [-0.39, 0.29) is 0 Å². The molecule has 0 saturated carbocycles. The third-order valence-electron chi connectivity index (χ3n) is 3.72. The molecule has 2 rings (SSSR count). The van der Waals surface area contributed by atoms with Crippen LogP contribution in [0.1, 0.15) is 5.56 Å². The third kappa shape index (κ3) is 3.23. The molecule has 0 bridgehead atoms. The lowest BCUT2D eigenvalue weighted by Crippen LogP contribution is -2.39. The highest BCUT2D eigenvalue weighted by Crippen LogP contribution is 2.41. The van der Waals surface area contributed by atoms with Crippen LogP contribution in [-0.4, -0.2) is 22.3 Å². The van der Waals surface area contributed by atoms with Gasteiger partial charge < -0.3 is 9.47 Å².